The molecule has 2 aliphatic carbocycles. The number of carbonyl (C=O) groups is 2. The highest BCUT2D eigenvalue weighted by molar-refractivity contribution is 5.99. The van der Waals surface area contributed by atoms with Gasteiger partial charge in [-0.05, 0) is 42.7 Å². The van der Waals surface area contributed by atoms with E-state index in [1.165, 1.54) is 6.26 Å². The predicted octanol–water partition coefficient (Wildman–Crippen LogP) is 2.29. The summed E-state index contributed by atoms with van der Waals surface area (Å²) in [4.78, 5) is 24.7. The summed E-state index contributed by atoms with van der Waals surface area (Å²) < 4.78 is 16.0. The van der Waals surface area contributed by atoms with Gasteiger partial charge >= 0.3 is 11.9 Å². The van der Waals surface area contributed by atoms with Gasteiger partial charge in [-0.1, -0.05) is 6.08 Å². The molecule has 0 aromatic carbocycles. The van der Waals surface area contributed by atoms with Gasteiger partial charge in [-0.15, -0.1) is 0 Å². The van der Waals surface area contributed by atoms with Crippen molar-refractivity contribution in [3.63, 3.8) is 0 Å². The van der Waals surface area contributed by atoms with Crippen molar-refractivity contribution < 1.29 is 28.6 Å². The van der Waals surface area contributed by atoms with Crippen molar-refractivity contribution in [2.75, 3.05) is 6.61 Å². The first-order chi connectivity index (χ1) is 12.5. The quantitative estimate of drug-likeness (QED) is 0.781. The Kier molecular flexibility index (Phi) is 3.01. The van der Waals surface area contributed by atoms with E-state index in [0.29, 0.717) is 17.6 Å². The number of hydrogen-bond donors (Lipinski definition) is 1. The second kappa shape index (κ2) is 5.08. The van der Waals surface area contributed by atoms with E-state index >= 15 is 0 Å². The molecule has 1 N–H and O–H groups in total. The summed E-state index contributed by atoms with van der Waals surface area (Å²) in [5, 5.41) is 10.3. The lowest BCUT2D eigenvalue weighted by molar-refractivity contribution is -0.139. The van der Waals surface area contributed by atoms with Gasteiger partial charge in [-0.2, -0.15) is 0 Å². The molecule has 26 heavy (non-hydrogen) atoms. The molecular weight excluding hydrogens is 336 g/mol. The minimum Gasteiger partial charge on any atom is -0.472 e. The highest BCUT2D eigenvalue weighted by atomic mass is 16.6. The van der Waals surface area contributed by atoms with E-state index in [-0.39, 0.29) is 6.61 Å². The zero-order chi connectivity index (χ0) is 18.1. The molecular formula is C20H16O6. The van der Waals surface area contributed by atoms with Crippen LogP contribution in [-0.4, -0.2) is 29.8 Å². The molecule has 0 amide bonds. The highest BCUT2D eigenvalue weighted by Gasteiger charge is 2.52. The molecule has 0 radical (unpaired) electrons. The van der Waals surface area contributed by atoms with Crippen LogP contribution in [0.3, 0.4) is 0 Å². The number of ether oxygens (including phenoxy) is 2. The lowest BCUT2D eigenvalue weighted by Crippen LogP contribution is -2.32. The first-order valence-electron chi connectivity index (χ1n) is 8.46. The standard InChI is InChI=1S/C20H16O6/c1-10-14-6-12(21)7-15-19(23)25-9-20(14,15)4-2-13-16(10)17(26-18(13)22)11-3-5-24-8-11/h2-5,7-8,12,17,21H,6,9H2,1H3/t12-,17-,20-/m0/s1. The van der Waals surface area contributed by atoms with E-state index in [4.69, 9.17) is 13.9 Å². The molecule has 6 heteroatoms. The van der Waals surface area contributed by atoms with E-state index < -0.39 is 29.6 Å². The van der Waals surface area contributed by atoms with Crippen molar-refractivity contribution in [3.8, 4) is 0 Å². The molecule has 1 fully saturated rings. The van der Waals surface area contributed by atoms with Crippen molar-refractivity contribution in [3.05, 3.63) is 70.2 Å². The summed E-state index contributed by atoms with van der Waals surface area (Å²) in [5.74, 6) is -0.830. The van der Waals surface area contributed by atoms with E-state index in [0.717, 1.165) is 22.3 Å². The topological polar surface area (TPSA) is 86.0 Å². The first kappa shape index (κ1) is 15.4. The third-order valence-electron chi connectivity index (χ3n) is 5.68. The summed E-state index contributed by atoms with van der Waals surface area (Å²) in [6.45, 7) is 2.09. The molecule has 4 aliphatic rings. The second-order valence-corrected chi connectivity index (χ2v) is 7.01. The van der Waals surface area contributed by atoms with Gasteiger partial charge in [0.2, 0.25) is 0 Å². The van der Waals surface area contributed by atoms with Crippen LogP contribution < -0.4 is 0 Å². The van der Waals surface area contributed by atoms with Crippen LogP contribution in [0, 0.1) is 5.41 Å². The SMILES string of the molecule is CC1=C2C[C@H](O)C=C3C(=O)OC[C@]32C=CC2=C1[C@H](c1ccoc1)OC2=O. The summed E-state index contributed by atoms with van der Waals surface area (Å²) in [7, 11) is 0. The largest absolute Gasteiger partial charge is 0.472 e. The summed E-state index contributed by atoms with van der Waals surface area (Å²) in [6.07, 6.45) is 7.27. The van der Waals surface area contributed by atoms with Crippen LogP contribution in [0.2, 0.25) is 0 Å². The van der Waals surface area contributed by atoms with Gasteiger partial charge in [-0.25, -0.2) is 9.59 Å². The minimum atomic E-state index is -0.769. The Morgan fingerprint density at radius 3 is 2.88 bits per heavy atom. The number of cyclic esters (lactones) is 2. The summed E-state index contributed by atoms with van der Waals surface area (Å²) in [5.41, 5.74) is 3.43. The molecule has 0 saturated carbocycles. The van der Waals surface area contributed by atoms with Gasteiger partial charge in [0.05, 0.1) is 35.2 Å². The minimum absolute atomic E-state index is 0.180. The number of hydrogen-bond acceptors (Lipinski definition) is 6. The average molecular weight is 352 g/mol. The van der Waals surface area contributed by atoms with Crippen LogP contribution in [0.5, 0.6) is 0 Å². The van der Waals surface area contributed by atoms with Crippen molar-refractivity contribution in [2.45, 2.75) is 25.6 Å². The van der Waals surface area contributed by atoms with Gasteiger partial charge in [0.25, 0.3) is 0 Å². The van der Waals surface area contributed by atoms with Gasteiger partial charge in [0, 0.05) is 11.1 Å². The van der Waals surface area contributed by atoms with E-state index in [1.54, 1.807) is 24.5 Å². The highest BCUT2D eigenvalue weighted by Crippen LogP contribution is 2.54. The van der Waals surface area contributed by atoms with Crippen molar-refractivity contribution >= 4 is 11.9 Å². The normalized spacial score (nSPS) is 32.6. The fourth-order valence-corrected chi connectivity index (χ4v) is 4.44. The predicted molar refractivity (Wildman–Crippen MR) is 88.5 cm³/mol. The monoisotopic (exact) mass is 352 g/mol. The molecule has 1 aromatic heterocycles. The fraction of sp³-hybridized carbons (Fsp3) is 0.300. The van der Waals surface area contributed by atoms with Crippen LogP contribution >= 0.6 is 0 Å². The maximum atomic E-state index is 12.5. The maximum absolute atomic E-state index is 12.5. The number of aliphatic hydroxyl groups excluding tert-OH is 1. The molecule has 1 saturated heterocycles. The first-order valence-corrected chi connectivity index (χ1v) is 8.46. The molecule has 3 heterocycles. The second-order valence-electron chi connectivity index (χ2n) is 7.01. The van der Waals surface area contributed by atoms with Crippen LogP contribution in [0.25, 0.3) is 0 Å². The van der Waals surface area contributed by atoms with E-state index in [1.807, 2.05) is 13.0 Å². The number of rotatable bonds is 1. The molecule has 1 spiro atoms. The molecule has 3 atom stereocenters. The molecule has 1 aromatic rings. The average Bonchev–Trinajstić information content (AvgIpc) is 3.30. The molecule has 0 bridgehead atoms. The summed E-state index contributed by atoms with van der Waals surface area (Å²) >= 11 is 0. The van der Waals surface area contributed by atoms with Crippen molar-refractivity contribution in [1.29, 1.82) is 0 Å². The third-order valence-corrected chi connectivity index (χ3v) is 5.68. The van der Waals surface area contributed by atoms with Crippen LogP contribution in [0.4, 0.5) is 0 Å². The fourth-order valence-electron chi connectivity index (χ4n) is 4.44. The van der Waals surface area contributed by atoms with Gasteiger partial charge in [0.15, 0.2) is 6.10 Å². The van der Waals surface area contributed by atoms with Crippen LogP contribution in [-0.2, 0) is 19.1 Å². The third kappa shape index (κ3) is 1.85. The van der Waals surface area contributed by atoms with E-state index in [9.17, 15) is 14.7 Å². The Bertz CT molecular complexity index is 958. The Hall–Kier alpha value is -2.86. The van der Waals surface area contributed by atoms with Gasteiger partial charge in [0.1, 0.15) is 6.61 Å². The smallest absolute Gasteiger partial charge is 0.339 e. The molecule has 132 valence electrons. The van der Waals surface area contributed by atoms with Gasteiger partial charge in [-0.3, -0.25) is 0 Å². The Balaban J connectivity index is 1.74. The van der Waals surface area contributed by atoms with Crippen LogP contribution in [0.15, 0.2) is 69.1 Å². The number of carbonyl (C=O) groups excluding carboxylic acids is 2. The zero-order valence-electron chi connectivity index (χ0n) is 14.0. The van der Waals surface area contributed by atoms with Crippen molar-refractivity contribution in [2.24, 2.45) is 5.41 Å². The van der Waals surface area contributed by atoms with E-state index in [2.05, 4.69) is 0 Å². The zero-order valence-corrected chi connectivity index (χ0v) is 14.0. The molecule has 2 aliphatic heterocycles. The molecule has 6 nitrogen and oxygen atoms in total. The number of furan rings is 1. The molecule has 5 rings (SSSR count). The molecule has 0 unspecified atom stereocenters. The lowest BCUT2D eigenvalue weighted by atomic mass is 9.68. The Labute approximate surface area is 149 Å². The van der Waals surface area contributed by atoms with Crippen molar-refractivity contribution in [1.82, 2.24) is 0 Å². The number of esters is 2. The maximum Gasteiger partial charge on any atom is 0.339 e. The number of aliphatic hydroxyl groups is 1. The summed E-state index contributed by atoms with van der Waals surface area (Å²) in [6, 6.07) is 1.76. The Morgan fingerprint density at radius 2 is 2.12 bits per heavy atom. The lowest BCUT2D eigenvalue weighted by Gasteiger charge is -2.34. The van der Waals surface area contributed by atoms with Gasteiger partial charge < -0.3 is 19.0 Å². The van der Waals surface area contributed by atoms with Crippen LogP contribution in [0.1, 0.15) is 25.0 Å². The Morgan fingerprint density at radius 1 is 1.27 bits per heavy atom.